The van der Waals surface area contributed by atoms with Gasteiger partial charge < -0.3 is 9.64 Å². The molecule has 0 aromatic carbocycles. The lowest BCUT2D eigenvalue weighted by Crippen LogP contribution is -2.51. The van der Waals surface area contributed by atoms with Gasteiger partial charge in [-0.1, -0.05) is 13.8 Å². The van der Waals surface area contributed by atoms with Gasteiger partial charge in [0.15, 0.2) is 5.69 Å². The Labute approximate surface area is 155 Å². The molecule has 0 unspecified atom stereocenters. The maximum Gasteiger partial charge on any atom is 0.274 e. The molecule has 1 atom stereocenters. The molecule has 9 heteroatoms. The number of morpholine rings is 1. The molecule has 1 aromatic heterocycles. The molecule has 0 bridgehead atoms. The van der Waals surface area contributed by atoms with Crippen molar-refractivity contribution in [3.63, 3.8) is 0 Å². The number of carbonyl (C=O) groups is 1. The minimum Gasteiger partial charge on any atom is -0.379 e. The van der Waals surface area contributed by atoms with E-state index in [1.54, 1.807) is 9.58 Å². The average molecular weight is 385 g/mol. The van der Waals surface area contributed by atoms with Crippen molar-refractivity contribution in [3.8, 4) is 0 Å². The summed E-state index contributed by atoms with van der Waals surface area (Å²) in [5.74, 6) is 0.0826. The van der Waals surface area contributed by atoms with Gasteiger partial charge in [-0.2, -0.15) is 9.40 Å². The zero-order valence-corrected chi connectivity index (χ0v) is 16.5. The maximum atomic E-state index is 12.9. The van der Waals surface area contributed by atoms with E-state index in [0.717, 1.165) is 5.69 Å². The summed E-state index contributed by atoms with van der Waals surface area (Å²) in [5.41, 5.74) is 1.38. The smallest absolute Gasteiger partial charge is 0.274 e. The highest BCUT2D eigenvalue weighted by Crippen LogP contribution is 2.23. The molecular formula is C17H28N4O4S. The van der Waals surface area contributed by atoms with Gasteiger partial charge in [-0.15, -0.1) is 0 Å². The zero-order chi connectivity index (χ0) is 18.9. The number of aryl methyl sites for hydroxylation is 1. The van der Waals surface area contributed by atoms with Crippen LogP contribution in [0, 0.1) is 0 Å². The molecule has 1 amide bonds. The number of amides is 1. The Morgan fingerprint density at radius 1 is 1.27 bits per heavy atom. The first-order chi connectivity index (χ1) is 12.3. The summed E-state index contributed by atoms with van der Waals surface area (Å²) in [4.78, 5) is 14.5. The number of likely N-dealkylation sites (tertiary alicyclic amines) is 1. The van der Waals surface area contributed by atoms with Crippen LogP contribution >= 0.6 is 0 Å². The molecule has 2 aliphatic rings. The number of rotatable bonds is 4. The molecule has 3 rings (SSSR count). The number of piperidine rings is 1. The number of aromatic nitrogens is 2. The lowest BCUT2D eigenvalue weighted by atomic mass is 10.1. The molecule has 1 aromatic rings. The highest BCUT2D eigenvalue weighted by atomic mass is 32.2. The minimum atomic E-state index is -3.42. The van der Waals surface area contributed by atoms with Crippen LogP contribution < -0.4 is 0 Å². The van der Waals surface area contributed by atoms with Gasteiger partial charge in [-0.05, 0) is 24.8 Å². The van der Waals surface area contributed by atoms with Crippen LogP contribution in [0.2, 0.25) is 0 Å². The van der Waals surface area contributed by atoms with Crippen molar-refractivity contribution in [2.45, 2.75) is 37.9 Å². The van der Waals surface area contributed by atoms with Crippen molar-refractivity contribution in [1.82, 2.24) is 19.0 Å². The van der Waals surface area contributed by atoms with Crippen molar-refractivity contribution in [1.29, 1.82) is 0 Å². The van der Waals surface area contributed by atoms with Crippen molar-refractivity contribution in [3.05, 3.63) is 17.5 Å². The SMILES string of the molecule is CC(C)c1cc(C(=O)N2CCC[C@H](S(=O)(=O)N3CCOCC3)C2)nn1C. The molecule has 0 spiro atoms. The van der Waals surface area contributed by atoms with Crippen LogP contribution in [0.4, 0.5) is 0 Å². The third-order valence-electron chi connectivity index (χ3n) is 5.14. The third-order valence-corrected chi connectivity index (χ3v) is 7.46. The Balaban J connectivity index is 1.73. The Morgan fingerprint density at radius 2 is 1.96 bits per heavy atom. The minimum absolute atomic E-state index is 0.186. The fourth-order valence-corrected chi connectivity index (χ4v) is 5.58. The first-order valence-corrected chi connectivity index (χ1v) is 10.7. The van der Waals surface area contributed by atoms with E-state index in [1.165, 1.54) is 4.31 Å². The predicted molar refractivity (Wildman–Crippen MR) is 97.5 cm³/mol. The van der Waals surface area contributed by atoms with Crippen LogP contribution in [-0.4, -0.2) is 78.0 Å². The third kappa shape index (κ3) is 3.79. The number of ether oxygens (including phenoxy) is 1. The summed E-state index contributed by atoms with van der Waals surface area (Å²) in [6.07, 6.45) is 1.27. The summed E-state index contributed by atoms with van der Waals surface area (Å²) >= 11 is 0. The van der Waals surface area contributed by atoms with Gasteiger partial charge in [0.25, 0.3) is 5.91 Å². The highest BCUT2D eigenvalue weighted by Gasteiger charge is 2.37. The molecule has 2 saturated heterocycles. The second kappa shape index (κ2) is 7.66. The van der Waals surface area contributed by atoms with E-state index < -0.39 is 15.3 Å². The Bertz CT molecular complexity index is 753. The molecule has 0 radical (unpaired) electrons. The summed E-state index contributed by atoms with van der Waals surface area (Å²) < 4.78 is 34.3. The van der Waals surface area contributed by atoms with Crippen molar-refractivity contribution >= 4 is 15.9 Å². The summed E-state index contributed by atoms with van der Waals surface area (Å²) in [5, 5.41) is 3.78. The number of carbonyl (C=O) groups excluding carboxylic acids is 1. The summed E-state index contributed by atoms with van der Waals surface area (Å²) in [6, 6.07) is 1.81. The maximum absolute atomic E-state index is 12.9. The monoisotopic (exact) mass is 384 g/mol. The van der Waals surface area contributed by atoms with Crippen molar-refractivity contribution < 1.29 is 17.9 Å². The number of sulfonamides is 1. The van der Waals surface area contributed by atoms with E-state index in [-0.39, 0.29) is 18.4 Å². The van der Waals surface area contributed by atoms with E-state index >= 15 is 0 Å². The van der Waals surface area contributed by atoms with E-state index in [2.05, 4.69) is 18.9 Å². The summed E-state index contributed by atoms with van der Waals surface area (Å²) in [6.45, 7) is 6.55. The zero-order valence-electron chi connectivity index (χ0n) is 15.7. The topological polar surface area (TPSA) is 84.7 Å². The Hall–Kier alpha value is -1.45. The molecule has 8 nitrogen and oxygen atoms in total. The Morgan fingerprint density at radius 3 is 2.58 bits per heavy atom. The molecule has 3 heterocycles. The van der Waals surface area contributed by atoms with Crippen LogP contribution in [0.15, 0.2) is 6.07 Å². The fourth-order valence-electron chi connectivity index (χ4n) is 3.67. The van der Waals surface area contributed by atoms with Gasteiger partial charge in [0.2, 0.25) is 10.0 Å². The van der Waals surface area contributed by atoms with E-state index in [1.807, 2.05) is 13.1 Å². The van der Waals surface area contributed by atoms with Crippen LogP contribution in [0.25, 0.3) is 0 Å². The summed E-state index contributed by atoms with van der Waals surface area (Å²) in [7, 11) is -1.59. The van der Waals surface area contributed by atoms with E-state index in [0.29, 0.717) is 51.4 Å². The fraction of sp³-hybridized carbons (Fsp3) is 0.765. The van der Waals surface area contributed by atoms with Crippen LogP contribution in [0.3, 0.4) is 0 Å². The van der Waals surface area contributed by atoms with E-state index in [9.17, 15) is 13.2 Å². The van der Waals surface area contributed by atoms with Gasteiger partial charge in [0, 0.05) is 38.9 Å². The predicted octanol–water partition coefficient (Wildman–Crippen LogP) is 0.810. The standard InChI is InChI=1S/C17H28N4O4S/c1-13(2)16-11-15(18-19(16)3)17(22)20-6-4-5-14(12-20)26(23,24)21-7-9-25-10-8-21/h11,13-14H,4-10,12H2,1-3H3/t14-/m0/s1. The molecule has 0 aliphatic carbocycles. The average Bonchev–Trinajstić information content (AvgIpc) is 3.04. The quantitative estimate of drug-likeness (QED) is 0.767. The number of hydrogen-bond acceptors (Lipinski definition) is 5. The van der Waals surface area contributed by atoms with Crippen LogP contribution in [-0.2, 0) is 21.8 Å². The first kappa shape index (κ1) is 19.3. The van der Waals surface area contributed by atoms with Gasteiger partial charge in [0.1, 0.15) is 0 Å². The molecular weight excluding hydrogens is 356 g/mol. The lowest BCUT2D eigenvalue weighted by Gasteiger charge is -2.36. The molecule has 2 fully saturated rings. The van der Waals surface area contributed by atoms with Gasteiger partial charge in [-0.25, -0.2) is 8.42 Å². The largest absolute Gasteiger partial charge is 0.379 e. The molecule has 0 saturated carbocycles. The second-order valence-electron chi connectivity index (χ2n) is 7.30. The van der Waals surface area contributed by atoms with Crippen molar-refractivity contribution in [2.24, 2.45) is 7.05 Å². The van der Waals surface area contributed by atoms with Gasteiger partial charge in [0.05, 0.1) is 18.5 Å². The highest BCUT2D eigenvalue weighted by molar-refractivity contribution is 7.89. The second-order valence-corrected chi connectivity index (χ2v) is 9.52. The van der Waals surface area contributed by atoms with Gasteiger partial charge in [-0.3, -0.25) is 9.48 Å². The molecule has 146 valence electrons. The lowest BCUT2D eigenvalue weighted by molar-refractivity contribution is 0.0682. The van der Waals surface area contributed by atoms with Crippen LogP contribution in [0.5, 0.6) is 0 Å². The number of hydrogen-bond donors (Lipinski definition) is 0. The Kier molecular flexibility index (Phi) is 5.69. The molecule has 2 aliphatic heterocycles. The van der Waals surface area contributed by atoms with Gasteiger partial charge >= 0.3 is 0 Å². The first-order valence-electron chi connectivity index (χ1n) is 9.20. The van der Waals surface area contributed by atoms with Crippen molar-refractivity contribution in [2.75, 3.05) is 39.4 Å². The molecule has 26 heavy (non-hydrogen) atoms. The normalized spacial score (nSPS) is 22.8. The number of nitrogens with zero attached hydrogens (tertiary/aromatic N) is 4. The molecule has 0 N–H and O–H groups in total. The van der Waals surface area contributed by atoms with E-state index in [4.69, 9.17) is 4.74 Å². The van der Waals surface area contributed by atoms with Crippen LogP contribution in [0.1, 0.15) is 48.8 Å².